The third-order valence-corrected chi connectivity index (χ3v) is 6.65. The Hall–Kier alpha value is -1.32. The van der Waals surface area contributed by atoms with Crippen molar-refractivity contribution in [1.82, 2.24) is 0 Å². The number of fused-ring (bicyclic) bond motifs is 2. The van der Waals surface area contributed by atoms with E-state index in [1.165, 1.54) is 50.2 Å². The van der Waals surface area contributed by atoms with Crippen molar-refractivity contribution in [2.45, 2.75) is 6.42 Å². The van der Waals surface area contributed by atoms with E-state index < -0.39 is 0 Å². The fourth-order valence-corrected chi connectivity index (χ4v) is 5.72. The van der Waals surface area contributed by atoms with Crippen molar-refractivity contribution in [3.63, 3.8) is 0 Å². The van der Waals surface area contributed by atoms with Crippen LogP contribution in [0.4, 0.5) is 11.4 Å². The molecule has 2 heterocycles. The molecule has 2 aliphatic rings. The zero-order valence-electron chi connectivity index (χ0n) is 12.0. The second kappa shape index (κ2) is 5.47. The van der Waals surface area contributed by atoms with Crippen LogP contribution >= 0.6 is 23.5 Å². The molecule has 2 aliphatic heterocycles. The van der Waals surface area contributed by atoms with Crippen molar-refractivity contribution in [2.75, 3.05) is 23.5 Å². The van der Waals surface area contributed by atoms with Crippen molar-refractivity contribution in [3.8, 4) is 0 Å². The molecule has 1 saturated heterocycles. The van der Waals surface area contributed by atoms with Gasteiger partial charge in [0.05, 0.1) is 0 Å². The third kappa shape index (κ3) is 2.19. The number of hydrogen-bond donors (Lipinski definition) is 0. The Morgan fingerprint density at radius 2 is 1.33 bits per heavy atom. The van der Waals surface area contributed by atoms with Gasteiger partial charge in [-0.3, -0.25) is 0 Å². The molecule has 0 aliphatic carbocycles. The van der Waals surface area contributed by atoms with Crippen LogP contribution in [0.1, 0.15) is 17.5 Å². The largest absolute Gasteiger partial charge is 0.344 e. The molecule has 1 fully saturated rings. The monoisotopic (exact) mass is 311 g/mol. The number of rotatable bonds is 0. The van der Waals surface area contributed by atoms with E-state index in [0.29, 0.717) is 0 Å². The highest BCUT2D eigenvalue weighted by Gasteiger charge is 2.27. The first-order valence-corrected chi connectivity index (χ1v) is 9.26. The van der Waals surface area contributed by atoms with Gasteiger partial charge in [-0.2, -0.15) is 0 Å². The van der Waals surface area contributed by atoms with E-state index in [9.17, 15) is 0 Å². The maximum absolute atomic E-state index is 2.31. The Morgan fingerprint density at radius 3 is 1.90 bits per heavy atom. The maximum atomic E-state index is 2.31. The molecule has 0 radical (unpaired) electrons. The Balaban J connectivity index is 2.00. The summed E-state index contributed by atoms with van der Waals surface area (Å²) >= 11 is 4.04. The SMILES string of the molecule is CN1c2ccccc2C(=C2SCCCS2)c2ccccc21. The Morgan fingerprint density at radius 1 is 0.810 bits per heavy atom. The van der Waals surface area contributed by atoms with Gasteiger partial charge in [0.25, 0.3) is 0 Å². The lowest BCUT2D eigenvalue weighted by atomic mass is 9.92. The summed E-state index contributed by atoms with van der Waals surface area (Å²) in [6.45, 7) is 0. The molecule has 2 aromatic carbocycles. The van der Waals surface area contributed by atoms with Crippen molar-refractivity contribution in [2.24, 2.45) is 0 Å². The molecule has 0 unspecified atom stereocenters. The highest BCUT2D eigenvalue weighted by molar-refractivity contribution is 8.23. The summed E-state index contributed by atoms with van der Waals surface area (Å²) < 4.78 is 1.49. The Bertz CT molecular complexity index is 663. The van der Waals surface area contributed by atoms with Crippen LogP contribution < -0.4 is 4.90 Å². The summed E-state index contributed by atoms with van der Waals surface area (Å²) in [5, 5.41) is 0. The van der Waals surface area contributed by atoms with Gasteiger partial charge in [0.1, 0.15) is 0 Å². The van der Waals surface area contributed by atoms with Crippen LogP contribution in [-0.2, 0) is 0 Å². The smallest absolute Gasteiger partial charge is 0.0488 e. The van der Waals surface area contributed by atoms with Gasteiger partial charge in [-0.25, -0.2) is 0 Å². The quantitative estimate of drug-likeness (QED) is 0.645. The maximum Gasteiger partial charge on any atom is 0.0488 e. The van der Waals surface area contributed by atoms with Gasteiger partial charge < -0.3 is 4.90 Å². The summed E-state index contributed by atoms with van der Waals surface area (Å²) in [5.41, 5.74) is 6.80. The summed E-state index contributed by atoms with van der Waals surface area (Å²) in [4.78, 5) is 2.31. The molecule has 1 nitrogen and oxygen atoms in total. The van der Waals surface area contributed by atoms with Gasteiger partial charge in [0, 0.05) is 39.4 Å². The molecule has 3 heteroatoms. The molecule has 0 saturated carbocycles. The standard InChI is InChI=1S/C18H17NS2/c1-19-15-9-4-2-7-13(15)17(18-20-11-6-12-21-18)14-8-3-5-10-16(14)19/h2-5,7-10H,6,11-12H2,1H3. The van der Waals surface area contributed by atoms with Gasteiger partial charge in [-0.1, -0.05) is 36.4 Å². The predicted molar refractivity (Wildman–Crippen MR) is 96.5 cm³/mol. The molecular formula is C18H17NS2. The van der Waals surface area contributed by atoms with Gasteiger partial charge in [-0.15, -0.1) is 23.5 Å². The second-order valence-electron chi connectivity index (χ2n) is 5.31. The highest BCUT2D eigenvalue weighted by Crippen LogP contribution is 2.50. The van der Waals surface area contributed by atoms with Crippen molar-refractivity contribution in [3.05, 3.63) is 63.9 Å². The first kappa shape index (κ1) is 13.4. The van der Waals surface area contributed by atoms with E-state index in [1.54, 1.807) is 0 Å². The molecule has 0 bridgehead atoms. The second-order valence-corrected chi connectivity index (χ2v) is 7.78. The van der Waals surface area contributed by atoms with Crippen LogP contribution in [0.15, 0.2) is 52.8 Å². The van der Waals surface area contributed by atoms with Gasteiger partial charge >= 0.3 is 0 Å². The average Bonchev–Trinajstić information content (AvgIpc) is 2.56. The fraction of sp³-hybridized carbons (Fsp3) is 0.222. The Kier molecular flexibility index (Phi) is 3.48. The molecule has 0 spiro atoms. The number of benzene rings is 2. The minimum Gasteiger partial charge on any atom is -0.344 e. The number of anilines is 2. The average molecular weight is 311 g/mol. The molecular weight excluding hydrogens is 294 g/mol. The first-order chi connectivity index (χ1) is 10.4. The third-order valence-electron chi connectivity index (χ3n) is 4.03. The molecule has 0 aromatic heterocycles. The summed E-state index contributed by atoms with van der Waals surface area (Å²) in [5.74, 6) is 2.48. The molecule has 4 rings (SSSR count). The van der Waals surface area contributed by atoms with Crippen LogP contribution in [0.5, 0.6) is 0 Å². The molecule has 0 N–H and O–H groups in total. The molecule has 0 amide bonds. The van der Waals surface area contributed by atoms with Crippen LogP contribution in [0.25, 0.3) is 5.57 Å². The summed E-state index contributed by atoms with van der Waals surface area (Å²) in [6, 6.07) is 17.5. The van der Waals surface area contributed by atoms with E-state index in [0.717, 1.165) is 0 Å². The van der Waals surface area contributed by atoms with Crippen molar-refractivity contribution >= 4 is 40.5 Å². The van der Waals surface area contributed by atoms with E-state index >= 15 is 0 Å². The Labute approximate surface area is 134 Å². The normalized spacial score (nSPS) is 17.5. The van der Waals surface area contributed by atoms with Gasteiger partial charge in [0.15, 0.2) is 0 Å². The number of nitrogens with zero attached hydrogens (tertiary/aromatic N) is 1. The lowest BCUT2D eigenvalue weighted by Gasteiger charge is -2.33. The van der Waals surface area contributed by atoms with Crippen molar-refractivity contribution in [1.29, 1.82) is 0 Å². The summed E-state index contributed by atoms with van der Waals surface area (Å²) in [6.07, 6.45) is 1.31. The molecule has 2 aromatic rings. The fourth-order valence-electron chi connectivity index (χ4n) is 3.02. The predicted octanol–water partition coefficient (Wildman–Crippen LogP) is 5.35. The number of hydrogen-bond acceptors (Lipinski definition) is 3. The van der Waals surface area contributed by atoms with E-state index in [-0.39, 0.29) is 0 Å². The minimum atomic E-state index is 1.24. The van der Waals surface area contributed by atoms with Gasteiger partial charge in [0.2, 0.25) is 0 Å². The minimum absolute atomic E-state index is 1.24. The van der Waals surface area contributed by atoms with Crippen LogP contribution in [0.3, 0.4) is 0 Å². The van der Waals surface area contributed by atoms with Crippen molar-refractivity contribution < 1.29 is 0 Å². The number of para-hydroxylation sites is 2. The zero-order chi connectivity index (χ0) is 14.2. The van der Waals surface area contributed by atoms with E-state index in [4.69, 9.17) is 0 Å². The van der Waals surface area contributed by atoms with Gasteiger partial charge in [-0.05, 0) is 30.1 Å². The van der Waals surface area contributed by atoms with Crippen LogP contribution in [-0.4, -0.2) is 18.6 Å². The number of thioether (sulfide) groups is 2. The van der Waals surface area contributed by atoms with Crippen LogP contribution in [0.2, 0.25) is 0 Å². The highest BCUT2D eigenvalue weighted by atomic mass is 32.2. The topological polar surface area (TPSA) is 3.24 Å². The lowest BCUT2D eigenvalue weighted by Crippen LogP contribution is -2.18. The molecule has 106 valence electrons. The summed E-state index contributed by atoms with van der Waals surface area (Å²) in [7, 11) is 2.17. The first-order valence-electron chi connectivity index (χ1n) is 7.28. The van der Waals surface area contributed by atoms with E-state index in [2.05, 4.69) is 60.5 Å². The van der Waals surface area contributed by atoms with E-state index in [1.807, 2.05) is 23.5 Å². The zero-order valence-corrected chi connectivity index (χ0v) is 13.6. The molecule has 21 heavy (non-hydrogen) atoms. The molecule has 0 atom stereocenters. The van der Waals surface area contributed by atoms with Crippen LogP contribution in [0, 0.1) is 0 Å². The lowest BCUT2D eigenvalue weighted by molar-refractivity contribution is 1.12.